The van der Waals surface area contributed by atoms with Crippen molar-refractivity contribution < 1.29 is 9.53 Å². The van der Waals surface area contributed by atoms with E-state index < -0.39 is 0 Å². The third-order valence-electron chi connectivity index (χ3n) is 3.73. The summed E-state index contributed by atoms with van der Waals surface area (Å²) in [6.07, 6.45) is 7.04. The molecule has 104 valence electrons. The van der Waals surface area contributed by atoms with Gasteiger partial charge in [0.05, 0.1) is 0 Å². The van der Waals surface area contributed by atoms with Gasteiger partial charge in [0.15, 0.2) is 5.75 Å². The molecule has 4 nitrogen and oxygen atoms in total. The second-order valence-corrected chi connectivity index (χ2v) is 5.20. The molecule has 3 rings (SSSR count). The summed E-state index contributed by atoms with van der Waals surface area (Å²) < 4.78 is 5.42. The summed E-state index contributed by atoms with van der Waals surface area (Å²) in [6.45, 7) is 0. The second kappa shape index (κ2) is 5.90. The van der Waals surface area contributed by atoms with Gasteiger partial charge in [0.2, 0.25) is 0 Å². The highest BCUT2D eigenvalue weighted by atomic mass is 16.6. The van der Waals surface area contributed by atoms with E-state index >= 15 is 0 Å². The van der Waals surface area contributed by atoms with Gasteiger partial charge >= 0.3 is 6.09 Å². The Balaban J connectivity index is 1.71. The number of rotatable bonds is 2. The average Bonchev–Trinajstić information content (AvgIpc) is 2.48. The van der Waals surface area contributed by atoms with E-state index in [9.17, 15) is 4.79 Å². The van der Waals surface area contributed by atoms with Gasteiger partial charge in [0, 0.05) is 17.6 Å². The van der Waals surface area contributed by atoms with Crippen LogP contribution >= 0.6 is 0 Å². The summed E-state index contributed by atoms with van der Waals surface area (Å²) in [5.41, 5.74) is 0.716. The highest BCUT2D eigenvalue weighted by molar-refractivity contribution is 5.86. The first-order chi connectivity index (χ1) is 9.83. The van der Waals surface area contributed by atoms with Crippen LogP contribution in [0.3, 0.4) is 0 Å². The lowest BCUT2D eigenvalue weighted by Gasteiger charge is -2.22. The fourth-order valence-electron chi connectivity index (χ4n) is 2.70. The first-order valence-electron chi connectivity index (χ1n) is 7.15. The predicted octanol–water partition coefficient (Wildman–Crippen LogP) is 3.66. The highest BCUT2D eigenvalue weighted by Gasteiger charge is 2.17. The minimum atomic E-state index is -0.380. The molecular formula is C16H18N2O2. The first-order valence-corrected chi connectivity index (χ1v) is 7.15. The summed E-state index contributed by atoms with van der Waals surface area (Å²) in [4.78, 5) is 16.2. The molecule has 0 bridgehead atoms. The maximum atomic E-state index is 12.0. The monoisotopic (exact) mass is 270 g/mol. The average molecular weight is 270 g/mol. The van der Waals surface area contributed by atoms with E-state index in [-0.39, 0.29) is 12.1 Å². The third kappa shape index (κ3) is 2.90. The highest BCUT2D eigenvalue weighted by Crippen LogP contribution is 2.23. The molecule has 1 saturated carbocycles. The molecule has 0 aliphatic heterocycles. The molecule has 2 aromatic rings. The van der Waals surface area contributed by atoms with Crippen molar-refractivity contribution in [3.8, 4) is 5.75 Å². The van der Waals surface area contributed by atoms with Crippen molar-refractivity contribution in [2.75, 3.05) is 0 Å². The van der Waals surface area contributed by atoms with E-state index in [4.69, 9.17) is 4.74 Å². The normalized spacial score (nSPS) is 16.0. The van der Waals surface area contributed by atoms with E-state index in [1.807, 2.05) is 24.3 Å². The number of benzene rings is 1. The Morgan fingerprint density at radius 3 is 2.80 bits per heavy atom. The number of nitrogens with one attached hydrogen (secondary N) is 1. The summed E-state index contributed by atoms with van der Waals surface area (Å²) in [5, 5.41) is 3.91. The van der Waals surface area contributed by atoms with Gasteiger partial charge < -0.3 is 10.1 Å². The zero-order valence-electron chi connectivity index (χ0n) is 11.3. The van der Waals surface area contributed by atoms with E-state index in [1.165, 1.54) is 19.3 Å². The number of hydrogen-bond acceptors (Lipinski definition) is 3. The van der Waals surface area contributed by atoms with Crippen molar-refractivity contribution in [1.82, 2.24) is 10.3 Å². The van der Waals surface area contributed by atoms with Crippen LogP contribution < -0.4 is 10.1 Å². The lowest BCUT2D eigenvalue weighted by molar-refractivity contribution is 0.192. The number of aromatic nitrogens is 1. The zero-order chi connectivity index (χ0) is 13.8. The molecule has 1 aliphatic carbocycles. The number of nitrogens with zero attached hydrogens (tertiary/aromatic N) is 1. The molecule has 1 N–H and O–H groups in total. The number of ether oxygens (including phenoxy) is 1. The van der Waals surface area contributed by atoms with Crippen LogP contribution in [0.1, 0.15) is 32.1 Å². The van der Waals surface area contributed by atoms with Crippen molar-refractivity contribution in [3.63, 3.8) is 0 Å². The zero-order valence-corrected chi connectivity index (χ0v) is 11.3. The standard InChI is InChI=1S/C16H18N2O2/c19-16(18-13-8-2-1-3-9-13)20-14-10-4-6-12-7-5-11-17-15(12)14/h4-7,10-11,13H,1-3,8-9H2,(H,18,19). The van der Waals surface area contributed by atoms with Crippen LogP contribution in [0.15, 0.2) is 36.5 Å². The number of fused-ring (bicyclic) bond motifs is 1. The first kappa shape index (κ1) is 12.9. The molecule has 20 heavy (non-hydrogen) atoms. The Kier molecular flexibility index (Phi) is 3.81. The smallest absolute Gasteiger partial charge is 0.408 e. The molecule has 1 heterocycles. The largest absolute Gasteiger partial charge is 0.412 e. The van der Waals surface area contributed by atoms with Crippen LogP contribution in [0.4, 0.5) is 4.79 Å². The van der Waals surface area contributed by atoms with Crippen LogP contribution in [-0.4, -0.2) is 17.1 Å². The minimum absolute atomic E-state index is 0.249. The van der Waals surface area contributed by atoms with Crippen LogP contribution in [0.2, 0.25) is 0 Å². The number of para-hydroxylation sites is 1. The maximum absolute atomic E-state index is 12.0. The summed E-state index contributed by atoms with van der Waals surface area (Å²) in [5.74, 6) is 0.511. The van der Waals surface area contributed by atoms with Gasteiger partial charge in [-0.25, -0.2) is 4.79 Å². The Morgan fingerprint density at radius 2 is 1.95 bits per heavy atom. The fraction of sp³-hybridized carbons (Fsp3) is 0.375. The van der Waals surface area contributed by atoms with E-state index in [1.54, 1.807) is 12.3 Å². The third-order valence-corrected chi connectivity index (χ3v) is 3.73. The van der Waals surface area contributed by atoms with Gasteiger partial charge in [-0.1, -0.05) is 37.5 Å². The molecule has 0 atom stereocenters. The molecule has 0 saturated heterocycles. The minimum Gasteiger partial charge on any atom is -0.408 e. The number of hydrogen-bond donors (Lipinski definition) is 1. The van der Waals surface area contributed by atoms with Crippen molar-refractivity contribution in [2.24, 2.45) is 0 Å². The summed E-state index contributed by atoms with van der Waals surface area (Å²) >= 11 is 0. The van der Waals surface area contributed by atoms with Crippen LogP contribution in [0, 0.1) is 0 Å². The molecule has 1 aromatic carbocycles. The second-order valence-electron chi connectivity index (χ2n) is 5.20. The number of carbonyl (C=O) groups excluding carboxylic acids is 1. The maximum Gasteiger partial charge on any atom is 0.412 e. The van der Waals surface area contributed by atoms with E-state index in [0.717, 1.165) is 18.2 Å². The molecule has 1 amide bonds. The van der Waals surface area contributed by atoms with Crippen LogP contribution in [0.25, 0.3) is 10.9 Å². The van der Waals surface area contributed by atoms with Crippen LogP contribution in [0.5, 0.6) is 5.75 Å². The van der Waals surface area contributed by atoms with Crippen molar-refractivity contribution >= 4 is 17.0 Å². The van der Waals surface area contributed by atoms with Crippen molar-refractivity contribution in [2.45, 2.75) is 38.1 Å². The van der Waals surface area contributed by atoms with Gasteiger partial charge in [0.25, 0.3) is 0 Å². The van der Waals surface area contributed by atoms with E-state index in [2.05, 4.69) is 10.3 Å². The molecular weight excluding hydrogens is 252 g/mol. The fourth-order valence-corrected chi connectivity index (χ4v) is 2.70. The number of carbonyl (C=O) groups is 1. The molecule has 1 fully saturated rings. The Bertz CT molecular complexity index is 601. The quantitative estimate of drug-likeness (QED) is 0.906. The molecule has 0 spiro atoms. The number of amides is 1. The van der Waals surface area contributed by atoms with Gasteiger partial charge in [-0.3, -0.25) is 4.98 Å². The Hall–Kier alpha value is -2.10. The Morgan fingerprint density at radius 1 is 1.15 bits per heavy atom. The molecule has 0 unspecified atom stereocenters. The Labute approximate surface area is 118 Å². The lowest BCUT2D eigenvalue weighted by atomic mass is 9.96. The lowest BCUT2D eigenvalue weighted by Crippen LogP contribution is -2.38. The van der Waals surface area contributed by atoms with Crippen molar-refractivity contribution in [3.05, 3.63) is 36.5 Å². The summed E-state index contributed by atoms with van der Waals surface area (Å²) in [6, 6.07) is 9.67. The molecule has 0 radical (unpaired) electrons. The van der Waals surface area contributed by atoms with Crippen molar-refractivity contribution in [1.29, 1.82) is 0 Å². The molecule has 1 aliphatic rings. The summed E-state index contributed by atoms with van der Waals surface area (Å²) in [7, 11) is 0. The van der Waals surface area contributed by atoms with Crippen LogP contribution in [-0.2, 0) is 0 Å². The SMILES string of the molecule is O=C(NC1CCCCC1)Oc1cccc2cccnc12. The van der Waals surface area contributed by atoms with Gasteiger partial charge in [-0.15, -0.1) is 0 Å². The number of pyridine rings is 1. The molecule has 1 aromatic heterocycles. The van der Waals surface area contributed by atoms with E-state index in [0.29, 0.717) is 11.3 Å². The van der Waals surface area contributed by atoms with Gasteiger partial charge in [0.1, 0.15) is 5.52 Å². The van der Waals surface area contributed by atoms with Gasteiger partial charge in [-0.2, -0.15) is 0 Å². The topological polar surface area (TPSA) is 51.2 Å². The molecule has 4 heteroatoms. The van der Waals surface area contributed by atoms with Gasteiger partial charge in [-0.05, 0) is 25.0 Å². The predicted molar refractivity (Wildman–Crippen MR) is 77.8 cm³/mol.